The smallest absolute Gasteiger partial charge is 0.147 e. The number of hydrogen-bond acceptors (Lipinski definition) is 5. The summed E-state index contributed by atoms with van der Waals surface area (Å²) >= 11 is 0. The van der Waals surface area contributed by atoms with E-state index in [9.17, 15) is 0 Å². The fourth-order valence-corrected chi connectivity index (χ4v) is 5.32. The highest BCUT2D eigenvalue weighted by Crippen LogP contribution is 2.49. The Morgan fingerprint density at radius 2 is 1.95 bits per heavy atom. The highest BCUT2D eigenvalue weighted by atomic mass is 16.7. The van der Waals surface area contributed by atoms with Gasteiger partial charge in [-0.25, -0.2) is 0 Å². The molecule has 3 saturated heterocycles. The summed E-state index contributed by atoms with van der Waals surface area (Å²) in [6, 6.07) is 0.346. The van der Waals surface area contributed by atoms with E-state index >= 15 is 0 Å². The molecule has 1 aliphatic carbocycles. The number of ether oxygens (including phenoxy) is 4. The van der Waals surface area contributed by atoms with Crippen molar-refractivity contribution in [3.8, 4) is 0 Å². The molecule has 0 radical (unpaired) electrons. The minimum Gasteiger partial charge on any atom is -0.381 e. The first-order chi connectivity index (χ1) is 10.6. The first-order valence-electron chi connectivity index (χ1n) is 8.75. The van der Waals surface area contributed by atoms with E-state index < -0.39 is 0 Å². The van der Waals surface area contributed by atoms with Crippen molar-refractivity contribution in [1.82, 2.24) is 4.90 Å². The molecule has 1 saturated carbocycles. The van der Waals surface area contributed by atoms with E-state index in [2.05, 4.69) is 25.8 Å². The van der Waals surface area contributed by atoms with Gasteiger partial charge in [-0.1, -0.05) is 13.8 Å². The lowest BCUT2D eigenvalue weighted by Crippen LogP contribution is -2.65. The molecule has 0 aromatic rings. The molecule has 0 aromatic carbocycles. The summed E-state index contributed by atoms with van der Waals surface area (Å²) in [6.45, 7) is 4.94. The van der Waals surface area contributed by atoms with Crippen LogP contribution in [0.3, 0.4) is 0 Å². The topological polar surface area (TPSA) is 40.2 Å². The maximum atomic E-state index is 6.42. The second-order valence-electron chi connectivity index (χ2n) is 7.76. The quantitative estimate of drug-likeness (QED) is 0.778. The van der Waals surface area contributed by atoms with E-state index in [-0.39, 0.29) is 24.5 Å². The zero-order valence-electron chi connectivity index (χ0n) is 14.1. The molecule has 0 N–H and O–H groups in total. The molecule has 0 aromatic heterocycles. The van der Waals surface area contributed by atoms with Crippen molar-refractivity contribution in [1.29, 1.82) is 0 Å². The Kier molecular flexibility index (Phi) is 3.98. The van der Waals surface area contributed by atoms with Gasteiger partial charge in [-0.2, -0.15) is 0 Å². The molecule has 22 heavy (non-hydrogen) atoms. The van der Waals surface area contributed by atoms with Crippen LogP contribution < -0.4 is 0 Å². The van der Waals surface area contributed by atoms with Crippen molar-refractivity contribution in [2.75, 3.05) is 21.0 Å². The first kappa shape index (κ1) is 15.3. The number of likely N-dealkylation sites (tertiary alicyclic amines) is 1. The van der Waals surface area contributed by atoms with Crippen LogP contribution >= 0.6 is 0 Å². The van der Waals surface area contributed by atoms with Crippen LogP contribution in [0.4, 0.5) is 0 Å². The van der Waals surface area contributed by atoms with Gasteiger partial charge in [0.25, 0.3) is 0 Å². The molecular formula is C17H29NO4. The number of nitrogens with zero attached hydrogens (tertiary/aromatic N) is 1. The van der Waals surface area contributed by atoms with E-state index in [1.807, 2.05) is 7.11 Å². The minimum absolute atomic E-state index is 0.154. The molecule has 0 spiro atoms. The molecule has 3 aliphatic heterocycles. The van der Waals surface area contributed by atoms with Crippen LogP contribution in [0, 0.1) is 17.8 Å². The van der Waals surface area contributed by atoms with Crippen molar-refractivity contribution in [3.63, 3.8) is 0 Å². The predicted octanol–water partition coefficient (Wildman–Crippen LogP) is 1.85. The van der Waals surface area contributed by atoms with Crippen LogP contribution in [-0.4, -0.2) is 62.5 Å². The third-order valence-electron chi connectivity index (χ3n) is 6.39. The number of hydrogen-bond donors (Lipinski definition) is 0. The monoisotopic (exact) mass is 311 g/mol. The van der Waals surface area contributed by atoms with Gasteiger partial charge >= 0.3 is 0 Å². The molecule has 4 rings (SSSR count). The highest BCUT2D eigenvalue weighted by molar-refractivity contribution is 5.07. The van der Waals surface area contributed by atoms with Crippen LogP contribution in [0.1, 0.15) is 33.1 Å². The number of fused-ring (bicyclic) bond motifs is 4. The lowest BCUT2D eigenvalue weighted by molar-refractivity contribution is -0.195. The van der Waals surface area contributed by atoms with Crippen molar-refractivity contribution in [2.24, 2.45) is 17.8 Å². The van der Waals surface area contributed by atoms with Gasteiger partial charge in [0.1, 0.15) is 19.1 Å². The first-order valence-corrected chi connectivity index (χ1v) is 8.75. The Bertz CT molecular complexity index is 417. The second-order valence-corrected chi connectivity index (χ2v) is 7.76. The number of methoxy groups -OCH3 is 1. The molecule has 7 unspecified atom stereocenters. The number of likely N-dealkylation sites (N-methyl/N-ethyl adjacent to an activating group) is 1. The largest absolute Gasteiger partial charge is 0.381 e. The van der Waals surface area contributed by atoms with E-state index in [1.54, 1.807) is 0 Å². The van der Waals surface area contributed by atoms with Crippen LogP contribution in [0.25, 0.3) is 0 Å². The summed E-state index contributed by atoms with van der Waals surface area (Å²) in [5.74, 6) is 1.55. The van der Waals surface area contributed by atoms with Gasteiger partial charge in [0, 0.05) is 25.0 Å². The minimum atomic E-state index is 0.154. The summed E-state index contributed by atoms with van der Waals surface area (Å²) < 4.78 is 24.1. The van der Waals surface area contributed by atoms with Gasteiger partial charge in [0.15, 0.2) is 0 Å². The van der Waals surface area contributed by atoms with Gasteiger partial charge < -0.3 is 18.9 Å². The maximum absolute atomic E-state index is 6.42. The van der Waals surface area contributed by atoms with E-state index in [4.69, 9.17) is 18.9 Å². The summed E-state index contributed by atoms with van der Waals surface area (Å²) in [4.78, 5) is 2.43. The zero-order chi connectivity index (χ0) is 15.4. The second kappa shape index (κ2) is 5.71. The molecule has 5 nitrogen and oxygen atoms in total. The lowest BCUT2D eigenvalue weighted by atomic mass is 9.69. The molecule has 3 heterocycles. The Morgan fingerprint density at radius 1 is 1.14 bits per heavy atom. The maximum Gasteiger partial charge on any atom is 0.147 e. The zero-order valence-corrected chi connectivity index (χ0v) is 14.1. The van der Waals surface area contributed by atoms with E-state index in [0.717, 1.165) is 19.3 Å². The summed E-state index contributed by atoms with van der Waals surface area (Å²) in [7, 11) is 4.07. The van der Waals surface area contributed by atoms with Crippen molar-refractivity contribution in [2.45, 2.75) is 69.8 Å². The fourth-order valence-electron chi connectivity index (χ4n) is 5.32. The van der Waals surface area contributed by atoms with Crippen LogP contribution in [0.15, 0.2) is 0 Å². The van der Waals surface area contributed by atoms with Crippen molar-refractivity contribution in [3.05, 3.63) is 0 Å². The van der Waals surface area contributed by atoms with Gasteiger partial charge in [0.2, 0.25) is 0 Å². The predicted molar refractivity (Wildman–Crippen MR) is 81.3 cm³/mol. The Hall–Kier alpha value is -0.200. The van der Waals surface area contributed by atoms with Crippen LogP contribution in [-0.2, 0) is 18.9 Å². The number of piperidine rings is 1. The Morgan fingerprint density at radius 3 is 2.68 bits per heavy atom. The van der Waals surface area contributed by atoms with Crippen molar-refractivity contribution >= 4 is 0 Å². The summed E-state index contributed by atoms with van der Waals surface area (Å²) in [6.07, 6.45) is 4.55. The molecule has 5 heteroatoms. The molecule has 0 amide bonds. The standard InChI is InChI=1S/C17H29NO4/c1-9(2)13-7-11-15(19-4)10-5-6-12-16(21-8-20-12)14(10)18(3)17(11)22-13/h9-17H,5-8H2,1-4H3/t10?,11?,12?,13-,14?,15?,16?,17?/m1/s1. The van der Waals surface area contributed by atoms with Crippen LogP contribution in [0.2, 0.25) is 0 Å². The Balaban J connectivity index is 1.63. The normalized spacial score (nSPS) is 51.7. The molecular weight excluding hydrogens is 282 g/mol. The van der Waals surface area contributed by atoms with E-state index in [1.165, 1.54) is 0 Å². The SMILES string of the molecule is COC1C2C[C@H](C(C)C)OC2N(C)C2C1CCC1OCOC12. The third-order valence-corrected chi connectivity index (χ3v) is 6.39. The van der Waals surface area contributed by atoms with Gasteiger partial charge in [0.05, 0.1) is 18.3 Å². The average molecular weight is 311 g/mol. The van der Waals surface area contributed by atoms with Crippen molar-refractivity contribution < 1.29 is 18.9 Å². The molecule has 0 bridgehead atoms. The van der Waals surface area contributed by atoms with Gasteiger partial charge in [-0.3, -0.25) is 4.90 Å². The Labute approximate surface area is 133 Å². The highest BCUT2D eigenvalue weighted by Gasteiger charge is 2.58. The fraction of sp³-hybridized carbons (Fsp3) is 1.00. The molecule has 4 aliphatic rings. The van der Waals surface area contributed by atoms with Gasteiger partial charge in [-0.15, -0.1) is 0 Å². The molecule has 4 fully saturated rings. The van der Waals surface area contributed by atoms with Gasteiger partial charge in [-0.05, 0) is 32.2 Å². The van der Waals surface area contributed by atoms with Crippen LogP contribution in [0.5, 0.6) is 0 Å². The number of rotatable bonds is 2. The third kappa shape index (κ3) is 2.17. The molecule has 126 valence electrons. The lowest BCUT2D eigenvalue weighted by Gasteiger charge is -2.53. The summed E-state index contributed by atoms with van der Waals surface area (Å²) in [5.41, 5.74) is 0. The van der Waals surface area contributed by atoms with E-state index in [0.29, 0.717) is 36.7 Å². The average Bonchev–Trinajstić information content (AvgIpc) is 3.13. The molecule has 8 atom stereocenters. The summed E-state index contributed by atoms with van der Waals surface area (Å²) in [5, 5.41) is 0.